The third-order valence-electron chi connectivity index (χ3n) is 12.4. The Kier molecular flexibility index (Phi) is 33.6. The molecule has 1 fully saturated rings. The highest BCUT2D eigenvalue weighted by atomic mass is 16.6. The summed E-state index contributed by atoms with van der Waals surface area (Å²) in [5, 5.41) is 54.1. The Morgan fingerprint density at radius 3 is 1.68 bits per heavy atom. The van der Waals surface area contributed by atoms with Gasteiger partial charge in [0.1, 0.15) is 24.1 Å². The number of amides is 6. The first-order chi connectivity index (χ1) is 38.9. The zero-order valence-corrected chi connectivity index (χ0v) is 46.6. The van der Waals surface area contributed by atoms with Crippen molar-refractivity contribution < 1.29 is 77.7 Å². The number of benzene rings is 2. The summed E-state index contributed by atoms with van der Waals surface area (Å²) in [7, 11) is 0. The second-order valence-electron chi connectivity index (χ2n) is 18.8. The van der Waals surface area contributed by atoms with Gasteiger partial charge in [-0.25, -0.2) is 4.79 Å². The fourth-order valence-corrected chi connectivity index (χ4v) is 8.13. The lowest BCUT2D eigenvalue weighted by Crippen LogP contribution is -2.50. The van der Waals surface area contributed by atoms with Gasteiger partial charge in [0, 0.05) is 91.5 Å². The molecular weight excluding hydrogens is 1060 g/mol. The quantitative estimate of drug-likeness (QED) is 0.0213. The molecule has 6 amide bonds. The van der Waals surface area contributed by atoms with Crippen LogP contribution in [0.4, 0.5) is 4.79 Å². The second kappa shape index (κ2) is 40.0. The molecule has 1 heterocycles. The number of urea groups is 1. The van der Waals surface area contributed by atoms with Crippen LogP contribution < -0.4 is 42.4 Å². The van der Waals surface area contributed by atoms with Crippen LogP contribution in [0.25, 0.3) is 0 Å². The van der Waals surface area contributed by atoms with Gasteiger partial charge in [-0.15, -0.1) is 0 Å². The number of nitrogens with zero attached hydrogens (tertiary/aromatic N) is 5. The van der Waals surface area contributed by atoms with E-state index in [0.29, 0.717) is 70.0 Å². The van der Waals surface area contributed by atoms with Gasteiger partial charge in [0.15, 0.2) is 5.96 Å². The number of carbonyl (C=O) groups excluding carboxylic acids is 5. The van der Waals surface area contributed by atoms with Crippen molar-refractivity contribution in [2.24, 2.45) is 10.7 Å². The Morgan fingerprint density at radius 2 is 1.14 bits per heavy atom. The minimum atomic E-state index is -1.04. The highest BCUT2D eigenvalue weighted by molar-refractivity contribution is 5.95. The molecule has 2 aromatic rings. The van der Waals surface area contributed by atoms with Crippen LogP contribution in [0.15, 0.2) is 53.5 Å². The van der Waals surface area contributed by atoms with Gasteiger partial charge in [0.2, 0.25) is 23.6 Å². The van der Waals surface area contributed by atoms with E-state index >= 15 is 0 Å². The van der Waals surface area contributed by atoms with E-state index in [2.05, 4.69) is 36.9 Å². The Bertz CT molecular complexity index is 2250. The first-order valence-electron chi connectivity index (χ1n) is 27.2. The largest absolute Gasteiger partial charge is 0.508 e. The Hall–Kier alpha value is -7.21. The summed E-state index contributed by atoms with van der Waals surface area (Å²) in [6.07, 6.45) is 1.26. The molecule has 1 aliphatic heterocycles. The van der Waals surface area contributed by atoms with Crippen LogP contribution in [0, 0.1) is 0 Å². The maximum absolute atomic E-state index is 13.8. The lowest BCUT2D eigenvalue weighted by atomic mass is 9.94. The highest BCUT2D eigenvalue weighted by Gasteiger charge is 2.27. The van der Waals surface area contributed by atoms with Crippen LogP contribution in [0.5, 0.6) is 11.5 Å². The molecule has 28 nitrogen and oxygen atoms in total. The van der Waals surface area contributed by atoms with Gasteiger partial charge >= 0.3 is 23.9 Å². The van der Waals surface area contributed by atoms with Crippen LogP contribution >= 0.6 is 0 Å². The molecule has 1 aliphatic rings. The molecule has 2 atom stereocenters. The van der Waals surface area contributed by atoms with Crippen molar-refractivity contribution in [2.45, 2.75) is 58.0 Å². The average Bonchev–Trinajstić information content (AvgIpc) is 3.42. The third-order valence-corrected chi connectivity index (χ3v) is 12.4. The number of nitrogens with two attached hydrogens (primary N) is 1. The van der Waals surface area contributed by atoms with Crippen molar-refractivity contribution in [3.05, 3.63) is 59.7 Å². The standard InChI is InChI=1S/C53H84N12O16/c1-3-43(50(75)60-44(51(76)59-34-39-10-12-41(66)13-11-39)9-6-14-57-52(54)61-53(77)58-16-15-55-45(67)4-2)40-7-5-8-42(33-40)81-32-31-80-30-29-79-28-27-78-26-17-56-46(68)35-62-18-20-63(36-47(69)70)22-24-65(38-49(73)74)25-23-64(21-19-62)37-48(71)72/h5,7-8,10-13,33,43-44,66H,3-4,6,9,14-32,34-38H2,1-2H3,(H,55,67)(H,56,68)(H,59,76)(H,60,75)(H,69,70)(H,71,72)(H,73,74)(H4,54,57,58,61,77)/t43-,44-/m1/s1. The molecule has 3 rings (SSSR count). The summed E-state index contributed by atoms with van der Waals surface area (Å²) in [5.74, 6) is -4.49. The highest BCUT2D eigenvalue weighted by Crippen LogP contribution is 2.24. The SMILES string of the molecule is CCC(=O)NCCNC(=O)NC(N)=NCCC[C@@H](NC(=O)[C@H](CC)c1cccc(OCCOCCOCCOCCNC(=O)CN2CCN(CC(=O)O)CCN(CC(=O)O)CCN(CC(=O)O)CC2)c1)C(=O)NCc1ccc(O)cc1. The zero-order chi connectivity index (χ0) is 59.2. The average molecular weight is 1150 g/mol. The van der Waals surface area contributed by atoms with E-state index in [0.717, 1.165) is 5.56 Å². The molecule has 452 valence electrons. The predicted octanol–water partition coefficient (Wildman–Crippen LogP) is -1.37. The maximum Gasteiger partial charge on any atom is 0.321 e. The van der Waals surface area contributed by atoms with Gasteiger partial charge < -0.3 is 71.7 Å². The molecule has 12 N–H and O–H groups in total. The van der Waals surface area contributed by atoms with E-state index in [4.69, 9.17) is 24.7 Å². The molecule has 2 aromatic carbocycles. The number of hydrogen-bond donors (Lipinski definition) is 11. The van der Waals surface area contributed by atoms with Crippen molar-refractivity contribution in [1.82, 2.24) is 51.5 Å². The number of ether oxygens (including phenoxy) is 4. The van der Waals surface area contributed by atoms with Gasteiger partial charge in [-0.3, -0.25) is 63.5 Å². The van der Waals surface area contributed by atoms with E-state index in [1.807, 2.05) is 17.9 Å². The number of guanidine groups is 1. The van der Waals surface area contributed by atoms with Crippen molar-refractivity contribution >= 4 is 53.5 Å². The van der Waals surface area contributed by atoms with E-state index < -0.39 is 41.8 Å². The third kappa shape index (κ3) is 31.4. The first-order valence-corrected chi connectivity index (χ1v) is 27.2. The van der Waals surface area contributed by atoms with Crippen molar-refractivity contribution in [2.75, 3.05) is 151 Å². The van der Waals surface area contributed by atoms with Crippen LogP contribution in [-0.4, -0.2) is 251 Å². The molecule has 1 saturated heterocycles. The molecule has 81 heavy (non-hydrogen) atoms. The summed E-state index contributed by atoms with van der Waals surface area (Å²) in [4.78, 5) is 109. The molecule has 0 spiro atoms. The smallest absolute Gasteiger partial charge is 0.321 e. The van der Waals surface area contributed by atoms with E-state index in [9.17, 15) is 58.8 Å². The minimum Gasteiger partial charge on any atom is -0.508 e. The zero-order valence-electron chi connectivity index (χ0n) is 46.6. The minimum absolute atomic E-state index is 0.00634. The molecule has 0 radical (unpaired) electrons. The lowest BCUT2D eigenvalue weighted by molar-refractivity contribution is -0.140. The summed E-state index contributed by atoms with van der Waals surface area (Å²) in [5.41, 5.74) is 7.31. The summed E-state index contributed by atoms with van der Waals surface area (Å²) in [6, 6.07) is 11.9. The van der Waals surface area contributed by atoms with Crippen LogP contribution in [0.3, 0.4) is 0 Å². The van der Waals surface area contributed by atoms with Crippen molar-refractivity contribution in [3.8, 4) is 11.5 Å². The molecule has 0 unspecified atom stereocenters. The fourth-order valence-electron chi connectivity index (χ4n) is 8.13. The lowest BCUT2D eigenvalue weighted by Gasteiger charge is -2.32. The fraction of sp³-hybridized carbons (Fsp3) is 0.604. The normalized spacial score (nSPS) is 15.0. The van der Waals surface area contributed by atoms with E-state index in [1.165, 1.54) is 12.1 Å². The van der Waals surface area contributed by atoms with Gasteiger partial charge in [0.05, 0.1) is 71.7 Å². The first kappa shape index (κ1) is 68.1. The van der Waals surface area contributed by atoms with Crippen molar-refractivity contribution in [3.63, 3.8) is 0 Å². The van der Waals surface area contributed by atoms with E-state index in [-0.39, 0.29) is 154 Å². The summed E-state index contributed by atoms with van der Waals surface area (Å²) in [6.45, 7) is 7.94. The summed E-state index contributed by atoms with van der Waals surface area (Å²) >= 11 is 0. The molecule has 0 aromatic heterocycles. The van der Waals surface area contributed by atoms with Crippen LogP contribution in [0.1, 0.15) is 56.6 Å². The number of hydrogen-bond acceptors (Lipinski definition) is 18. The number of aliphatic imine (C=N–C) groups is 1. The number of rotatable bonds is 36. The number of phenols is 1. The molecule has 0 aliphatic carbocycles. The maximum atomic E-state index is 13.8. The van der Waals surface area contributed by atoms with Crippen LogP contribution in [0.2, 0.25) is 0 Å². The number of carboxylic acids is 3. The number of carboxylic acid groups (broad SMARTS) is 3. The predicted molar refractivity (Wildman–Crippen MR) is 297 cm³/mol. The molecule has 0 saturated carbocycles. The van der Waals surface area contributed by atoms with Gasteiger partial charge in [-0.2, -0.15) is 0 Å². The number of aliphatic carboxylic acids is 3. The van der Waals surface area contributed by atoms with Crippen LogP contribution in [-0.2, 0) is 54.3 Å². The summed E-state index contributed by atoms with van der Waals surface area (Å²) < 4.78 is 22.8. The van der Waals surface area contributed by atoms with Gasteiger partial charge in [-0.1, -0.05) is 38.1 Å². The number of aromatic hydroxyl groups is 1. The Balaban J connectivity index is 1.37. The molecule has 28 heteroatoms. The van der Waals surface area contributed by atoms with Crippen molar-refractivity contribution in [1.29, 1.82) is 0 Å². The molecular formula is C53H84N12O16. The Labute approximate surface area is 472 Å². The van der Waals surface area contributed by atoms with Gasteiger partial charge in [0.25, 0.3) is 0 Å². The second-order valence-corrected chi connectivity index (χ2v) is 18.8. The Morgan fingerprint density at radius 1 is 0.617 bits per heavy atom. The number of carbonyl (C=O) groups is 8. The molecule has 0 bridgehead atoms. The number of nitrogens with one attached hydrogen (secondary N) is 6. The van der Waals surface area contributed by atoms with E-state index in [1.54, 1.807) is 52.0 Å². The monoisotopic (exact) mass is 1140 g/mol. The number of phenolic OH excluding ortho intramolecular Hbond substituents is 1. The van der Waals surface area contributed by atoms with Gasteiger partial charge in [-0.05, 0) is 54.7 Å². The topological polar surface area (TPSA) is 378 Å².